The molecule has 6 heteroatoms. The fourth-order valence-corrected chi connectivity index (χ4v) is 5.18. The highest BCUT2D eigenvalue weighted by molar-refractivity contribution is 9.11. The van der Waals surface area contributed by atoms with Crippen molar-refractivity contribution in [1.82, 2.24) is 4.90 Å². The standard InChI is InChI=1S/C22H22BrNO3S.C2H6/c1-14(21-24(13-25)20(12-28-21)22(26)27-3)19(15(2)23)11-17-9-6-8-16-7-4-5-10-18(16)17;1-2/h4-10,13,20H,11-12H2,1-3H3;1-2H3/b19-15+,21-14+;. The molecule has 0 saturated carbocycles. The Morgan fingerprint density at radius 3 is 2.50 bits per heavy atom. The van der Waals surface area contributed by atoms with E-state index in [2.05, 4.69) is 46.3 Å². The van der Waals surface area contributed by atoms with Crippen LogP contribution in [-0.4, -0.2) is 36.2 Å². The quantitative estimate of drug-likeness (QED) is 0.378. The highest BCUT2D eigenvalue weighted by atomic mass is 79.9. The van der Waals surface area contributed by atoms with Crippen LogP contribution >= 0.6 is 27.7 Å². The summed E-state index contributed by atoms with van der Waals surface area (Å²) in [4.78, 5) is 25.2. The highest BCUT2D eigenvalue weighted by Gasteiger charge is 2.36. The molecule has 0 N–H and O–H groups in total. The van der Waals surface area contributed by atoms with E-state index in [1.54, 1.807) is 0 Å². The second kappa shape index (κ2) is 11.4. The first-order valence-corrected chi connectivity index (χ1v) is 11.7. The zero-order valence-corrected chi connectivity index (χ0v) is 20.5. The van der Waals surface area contributed by atoms with Gasteiger partial charge in [0.2, 0.25) is 6.41 Å². The number of benzene rings is 2. The van der Waals surface area contributed by atoms with Crippen molar-refractivity contribution < 1.29 is 14.3 Å². The number of ether oxygens (including phenoxy) is 1. The zero-order valence-electron chi connectivity index (χ0n) is 18.1. The molecule has 1 saturated heterocycles. The van der Waals surface area contributed by atoms with Gasteiger partial charge in [-0.05, 0) is 52.2 Å². The Morgan fingerprint density at radius 1 is 1.20 bits per heavy atom. The molecule has 2 aromatic carbocycles. The summed E-state index contributed by atoms with van der Waals surface area (Å²) in [5.74, 6) is 0.110. The van der Waals surface area contributed by atoms with Crippen LogP contribution in [-0.2, 0) is 20.7 Å². The fraction of sp³-hybridized carbons (Fsp3) is 0.333. The number of esters is 1. The summed E-state index contributed by atoms with van der Waals surface area (Å²) >= 11 is 5.16. The summed E-state index contributed by atoms with van der Waals surface area (Å²) in [6, 6.07) is 14.0. The van der Waals surface area contributed by atoms with Crippen molar-refractivity contribution >= 4 is 50.8 Å². The number of methoxy groups -OCH3 is 1. The molecule has 0 bridgehead atoms. The number of halogens is 1. The molecule has 160 valence electrons. The summed E-state index contributed by atoms with van der Waals surface area (Å²) in [7, 11) is 1.35. The lowest BCUT2D eigenvalue weighted by Gasteiger charge is -2.21. The Balaban J connectivity index is 0.00000155. The predicted molar refractivity (Wildman–Crippen MR) is 129 cm³/mol. The lowest BCUT2D eigenvalue weighted by Crippen LogP contribution is -2.37. The number of thioether (sulfide) groups is 1. The third-order valence-corrected chi connectivity index (χ3v) is 6.72. The first-order valence-electron chi connectivity index (χ1n) is 9.95. The molecule has 3 rings (SSSR count). The predicted octanol–water partition coefficient (Wildman–Crippen LogP) is 6.06. The van der Waals surface area contributed by atoms with Crippen LogP contribution < -0.4 is 0 Å². The van der Waals surface area contributed by atoms with Crippen LogP contribution in [0.4, 0.5) is 0 Å². The zero-order chi connectivity index (χ0) is 22.3. The molecule has 0 aliphatic carbocycles. The number of nitrogens with zero attached hydrogens (tertiary/aromatic N) is 1. The summed E-state index contributed by atoms with van der Waals surface area (Å²) < 4.78 is 5.86. The van der Waals surface area contributed by atoms with E-state index in [1.165, 1.54) is 40.1 Å². The van der Waals surface area contributed by atoms with E-state index < -0.39 is 12.0 Å². The van der Waals surface area contributed by atoms with Crippen LogP contribution in [0.15, 0.2) is 63.1 Å². The second-order valence-corrected chi connectivity index (χ2v) is 8.82. The molecule has 1 heterocycles. The lowest BCUT2D eigenvalue weighted by atomic mass is 9.95. The van der Waals surface area contributed by atoms with Gasteiger partial charge in [-0.15, -0.1) is 11.8 Å². The molecule has 1 aliphatic heterocycles. The minimum atomic E-state index is -0.577. The van der Waals surface area contributed by atoms with E-state index in [1.807, 2.05) is 39.8 Å². The molecule has 1 unspecified atom stereocenters. The van der Waals surface area contributed by atoms with Gasteiger partial charge in [-0.2, -0.15) is 0 Å². The topological polar surface area (TPSA) is 46.6 Å². The molecule has 0 spiro atoms. The van der Waals surface area contributed by atoms with E-state index in [0.717, 1.165) is 33.5 Å². The van der Waals surface area contributed by atoms with Crippen molar-refractivity contribution in [3.8, 4) is 0 Å². The fourth-order valence-electron chi connectivity index (χ4n) is 3.47. The summed E-state index contributed by atoms with van der Waals surface area (Å²) in [6.45, 7) is 8.01. The van der Waals surface area contributed by atoms with Crippen molar-refractivity contribution in [3.05, 3.63) is 68.7 Å². The van der Waals surface area contributed by atoms with Crippen LogP contribution in [0.3, 0.4) is 0 Å². The average Bonchev–Trinajstić information content (AvgIpc) is 3.21. The number of fused-ring (bicyclic) bond motifs is 1. The minimum Gasteiger partial charge on any atom is -0.467 e. The molecule has 30 heavy (non-hydrogen) atoms. The number of allylic oxidation sites excluding steroid dienone is 3. The molecule has 2 aromatic rings. The van der Waals surface area contributed by atoms with Gasteiger partial charge in [0.25, 0.3) is 0 Å². The lowest BCUT2D eigenvalue weighted by molar-refractivity contribution is -0.146. The van der Waals surface area contributed by atoms with Crippen molar-refractivity contribution in [2.75, 3.05) is 12.9 Å². The van der Waals surface area contributed by atoms with Crippen LogP contribution in [0, 0.1) is 0 Å². The van der Waals surface area contributed by atoms with Gasteiger partial charge in [0.15, 0.2) is 0 Å². The van der Waals surface area contributed by atoms with Crippen molar-refractivity contribution in [2.45, 2.75) is 40.2 Å². The van der Waals surface area contributed by atoms with Gasteiger partial charge in [0, 0.05) is 5.75 Å². The van der Waals surface area contributed by atoms with E-state index in [-0.39, 0.29) is 0 Å². The Hall–Kier alpha value is -2.05. The number of carbonyl (C=O) groups is 2. The van der Waals surface area contributed by atoms with Gasteiger partial charge >= 0.3 is 5.97 Å². The number of rotatable bonds is 5. The molecule has 4 nitrogen and oxygen atoms in total. The Kier molecular flexibility index (Phi) is 9.18. The SMILES string of the molecule is CC.COC(=O)C1CS/C(=C(C)/C(Cc2cccc3ccccc23)=C(\C)Br)N1C=O. The Labute approximate surface area is 191 Å². The second-order valence-electron chi connectivity index (χ2n) is 6.62. The van der Waals surface area contributed by atoms with Crippen LogP contribution in [0.5, 0.6) is 0 Å². The van der Waals surface area contributed by atoms with Crippen molar-refractivity contribution in [2.24, 2.45) is 0 Å². The first kappa shape index (κ1) is 24.2. The summed E-state index contributed by atoms with van der Waals surface area (Å²) in [5.41, 5.74) is 3.32. The van der Waals surface area contributed by atoms with Gasteiger partial charge in [-0.25, -0.2) is 4.79 Å². The molecule has 0 aromatic heterocycles. The van der Waals surface area contributed by atoms with Gasteiger partial charge in [-0.1, -0.05) is 72.2 Å². The maximum atomic E-state index is 12.0. The van der Waals surface area contributed by atoms with Crippen molar-refractivity contribution in [1.29, 1.82) is 0 Å². The number of amides is 1. The molecular formula is C24H28BrNO3S. The molecule has 1 amide bonds. The molecule has 1 fully saturated rings. The number of carbonyl (C=O) groups excluding carboxylic acids is 2. The third-order valence-electron chi connectivity index (χ3n) is 4.97. The van der Waals surface area contributed by atoms with Crippen molar-refractivity contribution in [3.63, 3.8) is 0 Å². The highest BCUT2D eigenvalue weighted by Crippen LogP contribution is 2.38. The van der Waals surface area contributed by atoms with Gasteiger partial charge < -0.3 is 4.74 Å². The molecule has 0 radical (unpaired) electrons. The van der Waals surface area contributed by atoms with Gasteiger partial charge in [0.05, 0.1) is 12.1 Å². The van der Waals surface area contributed by atoms with E-state index >= 15 is 0 Å². The largest absolute Gasteiger partial charge is 0.467 e. The van der Waals surface area contributed by atoms with E-state index in [4.69, 9.17) is 4.74 Å². The Morgan fingerprint density at radius 2 is 1.87 bits per heavy atom. The molecule has 1 atom stereocenters. The number of hydrogen-bond acceptors (Lipinski definition) is 4. The van der Waals surface area contributed by atoms with Crippen LogP contribution in [0.25, 0.3) is 10.8 Å². The summed E-state index contributed by atoms with van der Waals surface area (Å²) in [5, 5.41) is 3.22. The maximum Gasteiger partial charge on any atom is 0.329 e. The normalized spacial score (nSPS) is 18.3. The third kappa shape index (κ3) is 5.16. The monoisotopic (exact) mass is 489 g/mol. The smallest absolute Gasteiger partial charge is 0.329 e. The number of hydrogen-bond donors (Lipinski definition) is 0. The van der Waals surface area contributed by atoms with Gasteiger partial charge in [-0.3, -0.25) is 9.69 Å². The maximum absolute atomic E-state index is 12.0. The Bertz CT molecular complexity index is 974. The molecule has 1 aliphatic rings. The van der Waals surface area contributed by atoms with Crippen LogP contribution in [0.2, 0.25) is 0 Å². The van der Waals surface area contributed by atoms with Crippen LogP contribution in [0.1, 0.15) is 33.3 Å². The average molecular weight is 490 g/mol. The van der Waals surface area contributed by atoms with E-state index in [0.29, 0.717) is 5.75 Å². The summed E-state index contributed by atoms with van der Waals surface area (Å²) in [6.07, 6.45) is 1.45. The molecular weight excluding hydrogens is 462 g/mol. The first-order chi connectivity index (χ1) is 14.5. The minimum absolute atomic E-state index is 0.391. The van der Waals surface area contributed by atoms with Gasteiger partial charge in [0.1, 0.15) is 6.04 Å². The van der Waals surface area contributed by atoms with E-state index in [9.17, 15) is 9.59 Å².